The first-order valence-corrected chi connectivity index (χ1v) is 9.79. The minimum Gasteiger partial charge on any atom is -0.486 e. The van der Waals surface area contributed by atoms with Gasteiger partial charge in [0, 0.05) is 30.3 Å². The van der Waals surface area contributed by atoms with Gasteiger partial charge >= 0.3 is 5.97 Å². The minimum absolute atomic E-state index is 0.00642. The summed E-state index contributed by atoms with van der Waals surface area (Å²) in [4.78, 5) is 23.8. The van der Waals surface area contributed by atoms with Crippen LogP contribution in [0.3, 0.4) is 0 Å². The maximum Gasteiger partial charge on any atom is 0.341 e. The maximum absolute atomic E-state index is 12.3. The van der Waals surface area contributed by atoms with E-state index in [0.717, 1.165) is 17.5 Å². The van der Waals surface area contributed by atoms with E-state index in [0.29, 0.717) is 36.1 Å². The number of fused-ring (bicyclic) bond motifs is 3. The van der Waals surface area contributed by atoms with Gasteiger partial charge in [0.05, 0.1) is 23.9 Å². The summed E-state index contributed by atoms with van der Waals surface area (Å²) in [5.41, 5.74) is 1.84. The van der Waals surface area contributed by atoms with E-state index in [-0.39, 0.29) is 23.6 Å². The Hall–Kier alpha value is -2.31. The Morgan fingerprint density at radius 3 is 2.79 bits per heavy atom. The summed E-state index contributed by atoms with van der Waals surface area (Å²) >= 11 is 6.48. The molecule has 148 valence electrons. The number of carboxylic acids is 1. The third-order valence-electron chi connectivity index (χ3n) is 5.48. The van der Waals surface area contributed by atoms with Crippen LogP contribution in [-0.2, 0) is 11.2 Å². The lowest BCUT2D eigenvalue weighted by molar-refractivity contribution is 0.0694. The molecule has 0 amide bonds. The van der Waals surface area contributed by atoms with E-state index in [1.807, 2.05) is 16.7 Å². The Morgan fingerprint density at radius 1 is 1.36 bits per heavy atom. The van der Waals surface area contributed by atoms with Crippen molar-refractivity contribution in [3.8, 4) is 17.0 Å². The summed E-state index contributed by atoms with van der Waals surface area (Å²) < 4.78 is 13.3. The second kappa shape index (κ2) is 7.26. The lowest BCUT2D eigenvalue weighted by atomic mass is 9.87. The molecule has 28 heavy (non-hydrogen) atoms. The van der Waals surface area contributed by atoms with Crippen molar-refractivity contribution in [3.63, 3.8) is 0 Å². The first kappa shape index (κ1) is 19.0. The average Bonchev–Trinajstić information content (AvgIpc) is 3.14. The van der Waals surface area contributed by atoms with Crippen molar-refractivity contribution in [2.24, 2.45) is 5.92 Å². The number of halogens is 1. The number of carboxylic acid groups (broad SMARTS) is 1. The summed E-state index contributed by atoms with van der Waals surface area (Å²) in [7, 11) is 0. The standard InChI is InChI=1S/C21H22ClNO5/c1-11(2)17-5-12-6-20(28-13-3-4-27-10-13)16(22)7-14(12)18-8-19(24)15(21(25)26)9-23(17)18/h6-9,11,13,17H,3-5,10H2,1-2H3,(H,25,26)/t13-,17?/m1/s1. The second-order valence-corrected chi connectivity index (χ2v) is 8.11. The molecular formula is C21H22ClNO5. The number of aromatic carboxylic acids is 1. The second-order valence-electron chi connectivity index (χ2n) is 7.71. The molecule has 0 spiro atoms. The van der Waals surface area contributed by atoms with Crippen molar-refractivity contribution >= 4 is 17.6 Å². The van der Waals surface area contributed by atoms with Gasteiger partial charge in [0.25, 0.3) is 0 Å². The zero-order valence-electron chi connectivity index (χ0n) is 15.8. The Labute approximate surface area is 167 Å². The number of hydrogen-bond donors (Lipinski definition) is 1. The van der Waals surface area contributed by atoms with Gasteiger partial charge in [-0.2, -0.15) is 0 Å². The monoisotopic (exact) mass is 403 g/mol. The zero-order valence-corrected chi connectivity index (χ0v) is 16.5. The third-order valence-corrected chi connectivity index (χ3v) is 5.78. The summed E-state index contributed by atoms with van der Waals surface area (Å²) in [5, 5.41) is 9.81. The first-order chi connectivity index (χ1) is 13.3. The fourth-order valence-electron chi connectivity index (χ4n) is 3.96. The molecule has 2 aliphatic heterocycles. The van der Waals surface area contributed by atoms with E-state index < -0.39 is 11.4 Å². The van der Waals surface area contributed by atoms with Crippen LogP contribution >= 0.6 is 11.6 Å². The van der Waals surface area contributed by atoms with Gasteiger partial charge in [-0.3, -0.25) is 4.79 Å². The largest absolute Gasteiger partial charge is 0.486 e. The van der Waals surface area contributed by atoms with Crippen LogP contribution in [0, 0.1) is 5.92 Å². The Balaban J connectivity index is 1.83. The fraction of sp³-hybridized carbons (Fsp3) is 0.429. The molecule has 6 nitrogen and oxygen atoms in total. The summed E-state index contributed by atoms with van der Waals surface area (Å²) in [6.45, 7) is 5.41. The lowest BCUT2D eigenvalue weighted by Gasteiger charge is -2.33. The van der Waals surface area contributed by atoms with Crippen LogP contribution in [-0.4, -0.2) is 35.0 Å². The molecule has 1 aromatic heterocycles. The van der Waals surface area contributed by atoms with Crippen molar-refractivity contribution < 1.29 is 19.4 Å². The molecule has 4 rings (SSSR count). The molecule has 2 aliphatic rings. The van der Waals surface area contributed by atoms with Gasteiger partial charge in [-0.05, 0) is 30.0 Å². The summed E-state index contributed by atoms with van der Waals surface area (Å²) in [5.74, 6) is -0.343. The molecular weight excluding hydrogens is 382 g/mol. The van der Waals surface area contributed by atoms with E-state index in [2.05, 4.69) is 13.8 Å². The molecule has 0 bridgehead atoms. The Kier molecular flexibility index (Phi) is 4.93. The molecule has 1 aromatic carbocycles. The van der Waals surface area contributed by atoms with Crippen LogP contribution in [0.25, 0.3) is 11.3 Å². The predicted molar refractivity (Wildman–Crippen MR) is 106 cm³/mol. The maximum atomic E-state index is 12.3. The average molecular weight is 404 g/mol. The molecule has 1 saturated heterocycles. The molecule has 1 N–H and O–H groups in total. The van der Waals surface area contributed by atoms with Crippen molar-refractivity contribution in [2.75, 3.05) is 13.2 Å². The zero-order chi connectivity index (χ0) is 20.0. The van der Waals surface area contributed by atoms with Crippen LogP contribution in [0.15, 0.2) is 29.2 Å². The van der Waals surface area contributed by atoms with E-state index in [4.69, 9.17) is 21.1 Å². The van der Waals surface area contributed by atoms with Crippen molar-refractivity contribution in [3.05, 3.63) is 50.8 Å². The lowest BCUT2D eigenvalue weighted by Crippen LogP contribution is -2.28. The van der Waals surface area contributed by atoms with Crippen molar-refractivity contribution in [2.45, 2.75) is 38.8 Å². The molecule has 2 aromatic rings. The van der Waals surface area contributed by atoms with E-state index in [9.17, 15) is 14.7 Å². The normalized spacial score (nSPS) is 20.7. The predicted octanol–water partition coefficient (Wildman–Crippen LogP) is 3.79. The molecule has 0 aliphatic carbocycles. The molecule has 3 heterocycles. The summed E-state index contributed by atoms with van der Waals surface area (Å²) in [6, 6.07) is 5.19. The van der Waals surface area contributed by atoms with E-state index in [1.165, 1.54) is 12.3 Å². The molecule has 1 unspecified atom stereocenters. The highest BCUT2D eigenvalue weighted by molar-refractivity contribution is 6.32. The third kappa shape index (κ3) is 3.31. The molecule has 0 radical (unpaired) electrons. The molecule has 7 heteroatoms. The number of aromatic nitrogens is 1. The quantitative estimate of drug-likeness (QED) is 0.840. The van der Waals surface area contributed by atoms with Gasteiger partial charge in [0.15, 0.2) is 5.43 Å². The Morgan fingerprint density at radius 2 is 2.14 bits per heavy atom. The van der Waals surface area contributed by atoms with Crippen LogP contribution in [0.5, 0.6) is 5.75 Å². The van der Waals surface area contributed by atoms with Gasteiger partial charge in [0.2, 0.25) is 0 Å². The van der Waals surface area contributed by atoms with Gasteiger partial charge in [-0.1, -0.05) is 25.4 Å². The molecule has 0 saturated carbocycles. The number of carbonyl (C=O) groups is 1. The highest BCUT2D eigenvalue weighted by atomic mass is 35.5. The minimum atomic E-state index is -1.21. The van der Waals surface area contributed by atoms with Crippen molar-refractivity contribution in [1.82, 2.24) is 4.57 Å². The first-order valence-electron chi connectivity index (χ1n) is 9.42. The SMILES string of the molecule is CC(C)C1Cc2cc(O[C@@H]3CCOC3)c(Cl)cc2-c2cc(=O)c(C(=O)O)cn21. The molecule has 1 fully saturated rings. The number of hydrogen-bond acceptors (Lipinski definition) is 4. The number of nitrogens with zero attached hydrogens (tertiary/aromatic N) is 1. The van der Waals surface area contributed by atoms with Crippen LogP contribution in [0.2, 0.25) is 5.02 Å². The van der Waals surface area contributed by atoms with E-state index in [1.54, 1.807) is 0 Å². The fourth-order valence-corrected chi connectivity index (χ4v) is 4.17. The van der Waals surface area contributed by atoms with Gasteiger partial charge < -0.3 is 19.1 Å². The van der Waals surface area contributed by atoms with Crippen molar-refractivity contribution in [1.29, 1.82) is 0 Å². The number of ether oxygens (including phenoxy) is 2. The van der Waals surface area contributed by atoms with Gasteiger partial charge in [0.1, 0.15) is 17.4 Å². The van der Waals surface area contributed by atoms with Gasteiger partial charge in [-0.15, -0.1) is 0 Å². The van der Waals surface area contributed by atoms with Crippen LogP contribution in [0.1, 0.15) is 42.2 Å². The van der Waals surface area contributed by atoms with Crippen LogP contribution < -0.4 is 10.2 Å². The highest BCUT2D eigenvalue weighted by Crippen LogP contribution is 2.42. The smallest absolute Gasteiger partial charge is 0.341 e. The van der Waals surface area contributed by atoms with Crippen LogP contribution in [0.4, 0.5) is 0 Å². The molecule has 2 atom stereocenters. The number of pyridine rings is 1. The van der Waals surface area contributed by atoms with E-state index >= 15 is 0 Å². The Bertz CT molecular complexity index is 991. The number of rotatable bonds is 4. The number of benzene rings is 1. The topological polar surface area (TPSA) is 77.8 Å². The van der Waals surface area contributed by atoms with Gasteiger partial charge in [-0.25, -0.2) is 4.79 Å². The highest BCUT2D eigenvalue weighted by Gasteiger charge is 2.29. The summed E-state index contributed by atoms with van der Waals surface area (Å²) in [6.07, 6.45) is 2.99.